The molecule has 0 bridgehead atoms. The minimum atomic E-state index is -0.256. The minimum Gasteiger partial charge on any atom is -0.493 e. The first-order valence-electron chi connectivity index (χ1n) is 11.1. The number of unbranched alkanes of at least 4 members (excludes halogenated alkanes) is 2. The second-order valence-electron chi connectivity index (χ2n) is 7.48. The molecule has 0 aliphatic rings. The molecule has 1 unspecified atom stereocenters. The van der Waals surface area contributed by atoms with Crippen molar-refractivity contribution in [1.29, 1.82) is 0 Å². The molecule has 31 heavy (non-hydrogen) atoms. The fourth-order valence-corrected chi connectivity index (χ4v) is 2.91. The van der Waals surface area contributed by atoms with E-state index in [0.29, 0.717) is 42.4 Å². The summed E-state index contributed by atoms with van der Waals surface area (Å²) in [6.07, 6.45) is 3.92. The molecule has 168 valence electrons. The second-order valence-corrected chi connectivity index (χ2v) is 7.48. The molecule has 2 aromatic carbocycles. The van der Waals surface area contributed by atoms with Crippen LogP contribution in [0.3, 0.4) is 0 Å². The molecule has 2 amide bonds. The van der Waals surface area contributed by atoms with Gasteiger partial charge in [-0.15, -0.1) is 0 Å². The fourth-order valence-electron chi connectivity index (χ4n) is 2.91. The topological polar surface area (TPSA) is 76.7 Å². The highest BCUT2D eigenvalue weighted by Gasteiger charge is 2.17. The molecular formula is C25H34N2O4. The van der Waals surface area contributed by atoms with E-state index < -0.39 is 0 Å². The van der Waals surface area contributed by atoms with E-state index in [2.05, 4.69) is 24.5 Å². The summed E-state index contributed by atoms with van der Waals surface area (Å²) in [6, 6.07) is 14.1. The van der Waals surface area contributed by atoms with E-state index in [1.165, 1.54) is 0 Å². The Bertz CT molecular complexity index is 838. The van der Waals surface area contributed by atoms with Crippen molar-refractivity contribution < 1.29 is 19.1 Å². The number of hydrogen-bond donors (Lipinski definition) is 2. The van der Waals surface area contributed by atoms with Gasteiger partial charge in [0.25, 0.3) is 11.8 Å². The maximum Gasteiger partial charge on any atom is 0.255 e. The number of carbonyl (C=O) groups excluding carboxylic acids is 2. The van der Waals surface area contributed by atoms with Crippen molar-refractivity contribution in [3.05, 3.63) is 59.7 Å². The highest BCUT2D eigenvalue weighted by atomic mass is 16.5. The van der Waals surface area contributed by atoms with Crippen LogP contribution in [0.1, 0.15) is 67.2 Å². The number of amides is 2. The lowest BCUT2D eigenvalue weighted by molar-refractivity contribution is 0.0907. The van der Waals surface area contributed by atoms with Crippen LogP contribution in [-0.4, -0.2) is 37.6 Å². The summed E-state index contributed by atoms with van der Waals surface area (Å²) in [5, 5.41) is 5.80. The van der Waals surface area contributed by atoms with E-state index in [1.54, 1.807) is 24.3 Å². The molecule has 6 heteroatoms. The average Bonchev–Trinajstić information content (AvgIpc) is 2.78. The fraction of sp³-hybridized carbons (Fsp3) is 0.440. The molecule has 0 aliphatic heterocycles. The Labute approximate surface area is 185 Å². The maximum atomic E-state index is 12.7. The van der Waals surface area contributed by atoms with Gasteiger partial charge in [0, 0.05) is 12.6 Å². The number of benzene rings is 2. The Morgan fingerprint density at radius 1 is 0.806 bits per heavy atom. The second kappa shape index (κ2) is 13.3. The van der Waals surface area contributed by atoms with Crippen LogP contribution < -0.4 is 20.1 Å². The molecular weight excluding hydrogens is 392 g/mol. The quantitative estimate of drug-likeness (QED) is 0.459. The number of carbonyl (C=O) groups is 2. The summed E-state index contributed by atoms with van der Waals surface area (Å²) >= 11 is 0. The first-order valence-corrected chi connectivity index (χ1v) is 11.1. The van der Waals surface area contributed by atoms with Crippen LogP contribution in [0.2, 0.25) is 0 Å². The monoisotopic (exact) mass is 426 g/mol. The molecule has 1 atom stereocenters. The van der Waals surface area contributed by atoms with Crippen molar-refractivity contribution in [1.82, 2.24) is 10.6 Å². The smallest absolute Gasteiger partial charge is 0.255 e. The third-order valence-electron chi connectivity index (χ3n) is 4.72. The summed E-state index contributed by atoms with van der Waals surface area (Å²) in [5.74, 6) is 0.694. The summed E-state index contributed by atoms with van der Waals surface area (Å²) in [7, 11) is 0. The van der Waals surface area contributed by atoms with Crippen LogP contribution in [-0.2, 0) is 0 Å². The van der Waals surface area contributed by atoms with Crippen LogP contribution in [0.25, 0.3) is 0 Å². The van der Waals surface area contributed by atoms with Gasteiger partial charge in [-0.1, -0.05) is 51.0 Å². The van der Waals surface area contributed by atoms with Crippen LogP contribution >= 0.6 is 0 Å². The number of nitrogens with one attached hydrogen (secondary N) is 2. The first kappa shape index (κ1) is 24.3. The number of para-hydroxylation sites is 2. The van der Waals surface area contributed by atoms with E-state index >= 15 is 0 Å². The maximum absolute atomic E-state index is 12.7. The van der Waals surface area contributed by atoms with Crippen molar-refractivity contribution in [2.75, 3.05) is 19.8 Å². The molecule has 6 nitrogen and oxygen atoms in total. The van der Waals surface area contributed by atoms with Gasteiger partial charge in [0.05, 0.1) is 24.3 Å². The van der Waals surface area contributed by atoms with Crippen molar-refractivity contribution >= 4 is 11.8 Å². The Balaban J connectivity index is 1.90. The van der Waals surface area contributed by atoms with Crippen molar-refractivity contribution in [2.45, 2.75) is 52.5 Å². The van der Waals surface area contributed by atoms with Gasteiger partial charge in [-0.05, 0) is 44.0 Å². The van der Waals surface area contributed by atoms with Crippen LogP contribution in [0, 0.1) is 0 Å². The number of ether oxygens (including phenoxy) is 2. The first-order chi connectivity index (χ1) is 15.1. The Hall–Kier alpha value is -3.02. The Morgan fingerprint density at radius 2 is 1.29 bits per heavy atom. The van der Waals surface area contributed by atoms with Gasteiger partial charge < -0.3 is 20.1 Å². The Kier molecular flexibility index (Phi) is 10.4. The molecule has 0 saturated heterocycles. The van der Waals surface area contributed by atoms with Gasteiger partial charge in [0.15, 0.2) is 0 Å². The van der Waals surface area contributed by atoms with Gasteiger partial charge >= 0.3 is 0 Å². The molecule has 2 N–H and O–H groups in total. The predicted molar refractivity (Wildman–Crippen MR) is 123 cm³/mol. The lowest BCUT2D eigenvalue weighted by atomic mass is 10.1. The third-order valence-corrected chi connectivity index (χ3v) is 4.72. The van der Waals surface area contributed by atoms with E-state index in [4.69, 9.17) is 9.47 Å². The van der Waals surface area contributed by atoms with E-state index in [9.17, 15) is 9.59 Å². The molecule has 0 spiro atoms. The van der Waals surface area contributed by atoms with Gasteiger partial charge in [0.1, 0.15) is 11.5 Å². The molecule has 0 aliphatic carbocycles. The van der Waals surface area contributed by atoms with E-state index in [0.717, 1.165) is 25.7 Å². The zero-order chi connectivity index (χ0) is 22.5. The molecule has 0 aromatic heterocycles. The highest BCUT2D eigenvalue weighted by molar-refractivity contribution is 5.98. The normalized spacial score (nSPS) is 11.5. The largest absolute Gasteiger partial charge is 0.493 e. The lowest BCUT2D eigenvalue weighted by Gasteiger charge is -2.17. The molecule has 0 saturated carbocycles. The molecule has 0 heterocycles. The summed E-state index contributed by atoms with van der Waals surface area (Å²) in [5.41, 5.74) is 0.984. The molecule has 2 aromatic rings. The zero-order valence-corrected chi connectivity index (χ0v) is 18.8. The predicted octanol–water partition coefficient (Wildman–Crippen LogP) is 4.59. The summed E-state index contributed by atoms with van der Waals surface area (Å²) < 4.78 is 11.5. The number of hydrogen-bond acceptors (Lipinski definition) is 4. The summed E-state index contributed by atoms with van der Waals surface area (Å²) in [6.45, 7) is 7.48. The zero-order valence-electron chi connectivity index (χ0n) is 18.8. The van der Waals surface area contributed by atoms with Gasteiger partial charge in [-0.25, -0.2) is 0 Å². The molecule has 0 fully saturated rings. The third kappa shape index (κ3) is 7.96. The average molecular weight is 427 g/mol. The Morgan fingerprint density at radius 3 is 1.81 bits per heavy atom. The van der Waals surface area contributed by atoms with E-state index in [1.807, 2.05) is 31.2 Å². The van der Waals surface area contributed by atoms with Crippen LogP contribution in [0.4, 0.5) is 0 Å². The number of rotatable bonds is 13. The van der Waals surface area contributed by atoms with Crippen LogP contribution in [0.5, 0.6) is 11.5 Å². The molecule has 2 rings (SSSR count). The van der Waals surface area contributed by atoms with Gasteiger partial charge in [-0.3, -0.25) is 9.59 Å². The highest BCUT2D eigenvalue weighted by Crippen LogP contribution is 2.19. The standard InChI is InChI=1S/C25H34N2O4/c1-4-6-16-30-22-14-10-8-12-20(22)24(28)26-18-19(3)27-25(29)21-13-9-11-15-23(21)31-17-7-5-2/h8-15,19H,4-7,16-18H2,1-3H3,(H,26,28)(H,27,29). The van der Waals surface area contributed by atoms with Crippen molar-refractivity contribution in [2.24, 2.45) is 0 Å². The SMILES string of the molecule is CCCCOc1ccccc1C(=O)NCC(C)NC(=O)c1ccccc1OCCCC. The van der Waals surface area contributed by atoms with Crippen LogP contribution in [0.15, 0.2) is 48.5 Å². The van der Waals surface area contributed by atoms with Gasteiger partial charge in [0.2, 0.25) is 0 Å². The minimum absolute atomic E-state index is 0.225. The molecule has 0 radical (unpaired) electrons. The summed E-state index contributed by atoms with van der Waals surface area (Å²) in [4.78, 5) is 25.3. The lowest BCUT2D eigenvalue weighted by Crippen LogP contribution is -2.42. The van der Waals surface area contributed by atoms with Gasteiger partial charge in [-0.2, -0.15) is 0 Å². The van der Waals surface area contributed by atoms with E-state index in [-0.39, 0.29) is 17.9 Å². The van der Waals surface area contributed by atoms with Crippen molar-refractivity contribution in [3.8, 4) is 11.5 Å². The van der Waals surface area contributed by atoms with Crippen molar-refractivity contribution in [3.63, 3.8) is 0 Å².